The molecule has 1 aliphatic rings. The van der Waals surface area contributed by atoms with Crippen molar-refractivity contribution in [1.29, 1.82) is 0 Å². The Bertz CT molecular complexity index is 1310. The van der Waals surface area contributed by atoms with E-state index in [0.717, 1.165) is 10.9 Å². The van der Waals surface area contributed by atoms with E-state index >= 15 is 0 Å². The van der Waals surface area contributed by atoms with Crippen LogP contribution in [-0.4, -0.2) is 37.8 Å². The average molecular weight is 436 g/mol. The third-order valence-electron chi connectivity index (χ3n) is 5.47. The molecule has 3 heterocycles. The van der Waals surface area contributed by atoms with E-state index < -0.39 is 17.9 Å². The van der Waals surface area contributed by atoms with Crippen molar-refractivity contribution in [2.24, 2.45) is 0 Å². The molecule has 1 aliphatic carbocycles. The maximum Gasteiger partial charge on any atom is 0.274 e. The van der Waals surface area contributed by atoms with Gasteiger partial charge in [-0.05, 0) is 31.0 Å². The minimum Gasteiger partial charge on any atom is -0.443 e. The number of anilines is 1. The number of rotatable bonds is 4. The molecule has 3 aromatic heterocycles. The van der Waals surface area contributed by atoms with Crippen molar-refractivity contribution in [3.63, 3.8) is 0 Å². The first-order chi connectivity index (χ1) is 15.4. The second-order valence-corrected chi connectivity index (χ2v) is 7.58. The molecule has 3 N–H and O–H groups in total. The molecule has 1 fully saturated rings. The van der Waals surface area contributed by atoms with Crippen molar-refractivity contribution in [2.45, 2.75) is 31.2 Å². The summed E-state index contributed by atoms with van der Waals surface area (Å²) in [4.78, 5) is 30.0. The highest BCUT2D eigenvalue weighted by molar-refractivity contribution is 5.98. The van der Waals surface area contributed by atoms with Gasteiger partial charge in [-0.25, -0.2) is 23.7 Å². The van der Waals surface area contributed by atoms with Gasteiger partial charge in [0.2, 0.25) is 5.89 Å². The van der Waals surface area contributed by atoms with Crippen LogP contribution in [0.15, 0.2) is 53.4 Å². The number of nitrogens with one attached hydrogen (secondary N) is 1. The summed E-state index contributed by atoms with van der Waals surface area (Å²) in [6, 6.07) is 7.84. The van der Waals surface area contributed by atoms with E-state index in [0.29, 0.717) is 12.0 Å². The number of oxazole rings is 1. The second-order valence-electron chi connectivity index (χ2n) is 7.58. The monoisotopic (exact) mass is 436 g/mol. The molecule has 10 heteroatoms. The molecular weight excluding hydrogens is 418 g/mol. The summed E-state index contributed by atoms with van der Waals surface area (Å²) in [6.07, 6.45) is 4.76. The highest BCUT2D eigenvalue weighted by Crippen LogP contribution is 2.36. The molecule has 0 saturated heterocycles. The predicted molar refractivity (Wildman–Crippen MR) is 113 cm³/mol. The van der Waals surface area contributed by atoms with Gasteiger partial charge in [0.1, 0.15) is 12.0 Å². The summed E-state index contributed by atoms with van der Waals surface area (Å²) in [5.41, 5.74) is 7.69. The Morgan fingerprint density at radius 3 is 2.78 bits per heavy atom. The summed E-state index contributed by atoms with van der Waals surface area (Å²) in [5.74, 6) is -3.81. The summed E-state index contributed by atoms with van der Waals surface area (Å²) in [6.45, 7) is 0. The van der Waals surface area contributed by atoms with Crippen LogP contribution in [0, 0.1) is 0 Å². The molecule has 1 aromatic carbocycles. The molecule has 32 heavy (non-hydrogen) atoms. The molecule has 1 unspecified atom stereocenters. The lowest BCUT2D eigenvalue weighted by Crippen LogP contribution is -2.44. The van der Waals surface area contributed by atoms with Crippen molar-refractivity contribution in [2.75, 3.05) is 5.73 Å². The molecule has 0 radical (unpaired) electrons. The van der Waals surface area contributed by atoms with Crippen LogP contribution in [0.4, 0.5) is 14.6 Å². The van der Waals surface area contributed by atoms with Gasteiger partial charge in [0.05, 0.1) is 17.8 Å². The predicted octanol–water partition coefficient (Wildman–Crippen LogP) is 3.85. The van der Waals surface area contributed by atoms with Crippen LogP contribution >= 0.6 is 0 Å². The highest BCUT2D eigenvalue weighted by Gasteiger charge is 2.45. The van der Waals surface area contributed by atoms with Crippen LogP contribution in [0.2, 0.25) is 0 Å². The third-order valence-corrected chi connectivity index (χ3v) is 5.47. The van der Waals surface area contributed by atoms with Crippen molar-refractivity contribution < 1.29 is 18.0 Å². The summed E-state index contributed by atoms with van der Waals surface area (Å²) in [7, 11) is 0. The lowest BCUT2D eigenvalue weighted by Gasteiger charge is -2.20. The smallest absolute Gasteiger partial charge is 0.274 e. The second kappa shape index (κ2) is 7.63. The number of hydrogen-bond donors (Lipinski definition) is 2. The van der Waals surface area contributed by atoms with Gasteiger partial charge in [0, 0.05) is 23.6 Å². The first kappa shape index (κ1) is 20.0. The van der Waals surface area contributed by atoms with E-state index in [2.05, 4.69) is 25.3 Å². The van der Waals surface area contributed by atoms with Crippen LogP contribution in [-0.2, 0) is 0 Å². The normalized spacial score (nSPS) is 17.5. The molecule has 0 bridgehead atoms. The number of fused-ring (bicyclic) bond motifs is 1. The van der Waals surface area contributed by atoms with Crippen molar-refractivity contribution >= 4 is 22.6 Å². The number of hydrogen-bond acceptors (Lipinski definition) is 7. The van der Waals surface area contributed by atoms with E-state index in [1.54, 1.807) is 24.4 Å². The fourth-order valence-corrected chi connectivity index (χ4v) is 3.86. The van der Waals surface area contributed by atoms with Crippen LogP contribution < -0.4 is 11.1 Å². The zero-order valence-electron chi connectivity index (χ0n) is 16.8. The number of benzene rings is 1. The minimum absolute atomic E-state index is 0.166. The number of nitrogen functional groups attached to an aromatic ring is 1. The van der Waals surface area contributed by atoms with Crippen LogP contribution in [0.3, 0.4) is 0 Å². The van der Waals surface area contributed by atoms with Crippen molar-refractivity contribution in [3.8, 4) is 22.8 Å². The minimum atomic E-state index is -2.97. The number of nitrogens with zero attached hydrogens (tertiary/aromatic N) is 4. The molecule has 0 spiro atoms. The fourth-order valence-electron chi connectivity index (χ4n) is 3.86. The molecule has 5 rings (SSSR count). The van der Waals surface area contributed by atoms with E-state index in [-0.39, 0.29) is 41.6 Å². The number of pyridine rings is 1. The van der Waals surface area contributed by atoms with Gasteiger partial charge in [-0.1, -0.05) is 12.1 Å². The molecule has 0 aliphatic heterocycles. The number of nitrogens with two attached hydrogens (primary N) is 1. The first-order valence-electron chi connectivity index (χ1n) is 10.0. The Hall–Kier alpha value is -3.95. The highest BCUT2D eigenvalue weighted by atomic mass is 19.3. The van der Waals surface area contributed by atoms with Crippen LogP contribution in [0.1, 0.15) is 29.8 Å². The van der Waals surface area contributed by atoms with Gasteiger partial charge >= 0.3 is 0 Å². The van der Waals surface area contributed by atoms with E-state index in [9.17, 15) is 13.6 Å². The topological polar surface area (TPSA) is 120 Å². The Balaban J connectivity index is 1.61. The van der Waals surface area contributed by atoms with Crippen LogP contribution in [0.5, 0.6) is 0 Å². The number of carbonyl (C=O) groups excluding carboxylic acids is 1. The van der Waals surface area contributed by atoms with Crippen LogP contribution in [0.25, 0.3) is 33.7 Å². The number of alkyl halides is 2. The average Bonchev–Trinajstić information content (AvgIpc) is 3.43. The molecule has 8 nitrogen and oxygen atoms in total. The molecule has 1 atom stereocenters. The number of amides is 1. The van der Waals surface area contributed by atoms with E-state index in [1.807, 2.05) is 12.1 Å². The number of halogens is 2. The summed E-state index contributed by atoms with van der Waals surface area (Å²) < 4.78 is 33.4. The molecule has 1 amide bonds. The Kier molecular flexibility index (Phi) is 4.76. The maximum atomic E-state index is 14.0. The summed E-state index contributed by atoms with van der Waals surface area (Å²) in [5, 5.41) is 3.21. The van der Waals surface area contributed by atoms with Gasteiger partial charge in [0.25, 0.3) is 11.8 Å². The van der Waals surface area contributed by atoms with E-state index in [4.69, 9.17) is 10.2 Å². The van der Waals surface area contributed by atoms with Gasteiger partial charge in [0.15, 0.2) is 17.2 Å². The maximum absolute atomic E-state index is 14.0. The fraction of sp³-hybridized carbons (Fsp3) is 0.227. The lowest BCUT2D eigenvalue weighted by molar-refractivity contribution is -0.0165. The summed E-state index contributed by atoms with van der Waals surface area (Å²) >= 11 is 0. The molecule has 162 valence electrons. The zero-order valence-corrected chi connectivity index (χ0v) is 16.8. The van der Waals surface area contributed by atoms with Gasteiger partial charge < -0.3 is 15.5 Å². The van der Waals surface area contributed by atoms with Gasteiger partial charge in [-0.2, -0.15) is 0 Å². The Labute approximate surface area is 180 Å². The van der Waals surface area contributed by atoms with Gasteiger partial charge in [-0.3, -0.25) is 9.78 Å². The molecule has 1 saturated carbocycles. The third kappa shape index (κ3) is 3.53. The molecule has 4 aromatic rings. The zero-order chi connectivity index (χ0) is 22.3. The molecular formula is C22H18F2N6O2. The van der Waals surface area contributed by atoms with Crippen molar-refractivity contribution in [3.05, 3.63) is 54.7 Å². The standard InChI is InChI=1S/C22H18F2N6O2/c23-22(24)7-1-4-15(22)28-20(31)18-19(25)30-17(21-27-9-10-32-21)16(29-18)13-5-6-14-12(11-13)3-2-8-26-14/h2-3,5-6,8-11,15H,1,4,7H2,(H2,25,30)(H,28,31). The van der Waals surface area contributed by atoms with E-state index in [1.165, 1.54) is 12.5 Å². The quantitative estimate of drug-likeness (QED) is 0.499. The Morgan fingerprint density at radius 2 is 2.03 bits per heavy atom. The number of aromatic nitrogens is 4. The largest absolute Gasteiger partial charge is 0.443 e. The Morgan fingerprint density at radius 1 is 1.16 bits per heavy atom. The van der Waals surface area contributed by atoms with Gasteiger partial charge in [-0.15, -0.1) is 0 Å². The first-order valence-corrected chi connectivity index (χ1v) is 10.0. The lowest BCUT2D eigenvalue weighted by atomic mass is 10.1. The SMILES string of the molecule is Nc1nc(-c2ncco2)c(-c2ccc3ncccc3c2)nc1C(=O)NC1CCCC1(F)F. The number of carbonyl (C=O) groups is 1. The van der Waals surface area contributed by atoms with Crippen molar-refractivity contribution in [1.82, 2.24) is 25.3 Å².